The molecule has 0 spiro atoms. The number of nitrogens with zero attached hydrogens (tertiary/aromatic N) is 3. The smallest absolute Gasteiger partial charge is 0.248 e. The van der Waals surface area contributed by atoms with Crippen molar-refractivity contribution in [2.75, 3.05) is 26.2 Å². The summed E-state index contributed by atoms with van der Waals surface area (Å²) in [6, 6.07) is 3.61. The summed E-state index contributed by atoms with van der Waals surface area (Å²) < 4.78 is 37.3. The first-order chi connectivity index (χ1) is 12.3. The van der Waals surface area contributed by atoms with E-state index in [-0.39, 0.29) is 29.7 Å². The molecule has 0 aliphatic carbocycles. The lowest BCUT2D eigenvalue weighted by Crippen LogP contribution is -2.50. The van der Waals surface area contributed by atoms with Crippen molar-refractivity contribution in [2.45, 2.75) is 25.7 Å². The number of aryl methyl sites for hydroxylation is 3. The van der Waals surface area contributed by atoms with Crippen molar-refractivity contribution in [2.24, 2.45) is 0 Å². The minimum Gasteiger partial charge on any atom is -0.462 e. The number of rotatable bonds is 4. The van der Waals surface area contributed by atoms with Crippen molar-refractivity contribution in [1.29, 1.82) is 0 Å². The lowest BCUT2D eigenvalue weighted by Gasteiger charge is -2.33. The first-order valence-electron chi connectivity index (χ1n) is 8.25. The molecule has 0 radical (unpaired) electrons. The van der Waals surface area contributed by atoms with Gasteiger partial charge in [0.05, 0.1) is 0 Å². The topological polar surface area (TPSA) is 96.9 Å². The van der Waals surface area contributed by atoms with Crippen molar-refractivity contribution < 1.29 is 22.2 Å². The lowest BCUT2D eigenvalue weighted by atomic mass is 10.3. The van der Waals surface area contributed by atoms with Gasteiger partial charge in [-0.3, -0.25) is 4.79 Å². The Morgan fingerprint density at radius 3 is 2.38 bits per heavy atom. The molecule has 3 heterocycles. The third-order valence-electron chi connectivity index (χ3n) is 4.27. The zero-order valence-corrected chi connectivity index (χ0v) is 15.7. The van der Waals surface area contributed by atoms with Gasteiger partial charge < -0.3 is 13.8 Å². The van der Waals surface area contributed by atoms with Crippen molar-refractivity contribution in [3.63, 3.8) is 0 Å². The van der Waals surface area contributed by atoms with Crippen LogP contribution in [0.4, 0.5) is 0 Å². The summed E-state index contributed by atoms with van der Waals surface area (Å²) in [6.45, 7) is 6.11. The number of furan rings is 1. The molecule has 3 rings (SSSR count). The number of amides is 1. The Kier molecular flexibility index (Phi) is 5.01. The van der Waals surface area contributed by atoms with E-state index in [4.69, 9.17) is 8.94 Å². The van der Waals surface area contributed by atoms with Crippen molar-refractivity contribution >= 4 is 22.0 Å². The fraction of sp³-hybridized carbons (Fsp3) is 0.412. The highest BCUT2D eigenvalue weighted by Crippen LogP contribution is 2.24. The number of carbonyl (C=O) groups is 1. The maximum absolute atomic E-state index is 12.8. The van der Waals surface area contributed by atoms with Crippen LogP contribution in [0, 0.1) is 20.8 Å². The standard InChI is InChI=1S/C17H21N3O5S/c1-12-4-5-15(24-12)6-7-16(21)19-8-10-20(11-9-19)26(22,23)17-13(2)18-25-14(17)3/h4-7H,8-11H2,1-3H3/b7-6+. The third kappa shape index (κ3) is 3.58. The van der Waals surface area contributed by atoms with Crippen LogP contribution in [0.15, 0.2) is 32.0 Å². The molecule has 26 heavy (non-hydrogen) atoms. The van der Waals surface area contributed by atoms with E-state index in [2.05, 4.69) is 5.16 Å². The minimum atomic E-state index is -3.68. The molecular weight excluding hydrogens is 358 g/mol. The summed E-state index contributed by atoms with van der Waals surface area (Å²) in [5, 5.41) is 3.71. The molecular formula is C17H21N3O5S. The molecule has 2 aromatic rings. The Labute approximate surface area is 152 Å². The van der Waals surface area contributed by atoms with Gasteiger partial charge in [-0.15, -0.1) is 0 Å². The summed E-state index contributed by atoms with van der Waals surface area (Å²) in [7, 11) is -3.68. The predicted molar refractivity (Wildman–Crippen MR) is 93.8 cm³/mol. The van der Waals surface area contributed by atoms with Crippen LogP contribution in [-0.4, -0.2) is 54.9 Å². The molecule has 0 atom stereocenters. The Balaban J connectivity index is 1.64. The molecule has 140 valence electrons. The van der Waals surface area contributed by atoms with E-state index in [1.807, 2.05) is 13.0 Å². The van der Waals surface area contributed by atoms with E-state index in [9.17, 15) is 13.2 Å². The third-order valence-corrected chi connectivity index (χ3v) is 6.41. The molecule has 2 aromatic heterocycles. The van der Waals surface area contributed by atoms with Crippen LogP contribution in [0.5, 0.6) is 0 Å². The first-order valence-corrected chi connectivity index (χ1v) is 9.69. The predicted octanol–water partition coefficient (Wildman–Crippen LogP) is 1.74. The van der Waals surface area contributed by atoms with E-state index in [0.717, 1.165) is 5.76 Å². The maximum atomic E-state index is 12.8. The molecule has 1 amide bonds. The van der Waals surface area contributed by atoms with Crippen LogP contribution in [0.2, 0.25) is 0 Å². The highest BCUT2D eigenvalue weighted by molar-refractivity contribution is 7.89. The summed E-state index contributed by atoms with van der Waals surface area (Å²) in [6.07, 6.45) is 3.05. The second kappa shape index (κ2) is 7.08. The average Bonchev–Trinajstić information content (AvgIpc) is 3.18. The highest BCUT2D eigenvalue weighted by Gasteiger charge is 2.33. The summed E-state index contributed by atoms with van der Waals surface area (Å²) in [5.74, 6) is 1.48. The van der Waals surface area contributed by atoms with E-state index < -0.39 is 10.0 Å². The van der Waals surface area contributed by atoms with Crippen LogP contribution < -0.4 is 0 Å². The molecule has 1 aliphatic heterocycles. The van der Waals surface area contributed by atoms with Crippen LogP contribution in [0.1, 0.15) is 23.0 Å². The molecule has 8 nitrogen and oxygen atoms in total. The zero-order chi connectivity index (χ0) is 18.9. The second-order valence-electron chi connectivity index (χ2n) is 6.16. The Morgan fingerprint density at radius 2 is 1.85 bits per heavy atom. The molecule has 9 heteroatoms. The van der Waals surface area contributed by atoms with Gasteiger partial charge in [-0.1, -0.05) is 5.16 Å². The largest absolute Gasteiger partial charge is 0.462 e. The van der Waals surface area contributed by atoms with Gasteiger partial charge in [-0.25, -0.2) is 8.42 Å². The highest BCUT2D eigenvalue weighted by atomic mass is 32.2. The van der Waals surface area contributed by atoms with Gasteiger partial charge in [0, 0.05) is 32.3 Å². The maximum Gasteiger partial charge on any atom is 0.248 e. The molecule has 0 N–H and O–H groups in total. The quantitative estimate of drug-likeness (QED) is 0.751. The number of sulfonamides is 1. The number of carbonyl (C=O) groups excluding carboxylic acids is 1. The van der Waals surface area contributed by atoms with E-state index >= 15 is 0 Å². The molecule has 1 aliphatic rings. The Morgan fingerprint density at radius 1 is 1.15 bits per heavy atom. The SMILES string of the molecule is Cc1ccc(/C=C/C(=O)N2CCN(S(=O)(=O)c3c(C)noc3C)CC2)o1. The monoisotopic (exact) mass is 379 g/mol. The van der Waals surface area contributed by atoms with Gasteiger partial charge in [0.15, 0.2) is 5.76 Å². The van der Waals surface area contributed by atoms with Gasteiger partial charge in [-0.2, -0.15) is 4.31 Å². The van der Waals surface area contributed by atoms with Crippen LogP contribution in [0.3, 0.4) is 0 Å². The van der Waals surface area contributed by atoms with Gasteiger partial charge in [0.1, 0.15) is 22.1 Å². The molecule has 0 unspecified atom stereocenters. The van der Waals surface area contributed by atoms with Gasteiger partial charge in [0.25, 0.3) is 0 Å². The Hall–Kier alpha value is -2.39. The fourth-order valence-electron chi connectivity index (χ4n) is 2.92. The van der Waals surface area contributed by atoms with Crippen LogP contribution in [-0.2, 0) is 14.8 Å². The second-order valence-corrected chi connectivity index (χ2v) is 8.04. The van der Waals surface area contributed by atoms with E-state index in [1.165, 1.54) is 10.4 Å². The number of aromatic nitrogens is 1. The Bertz CT molecular complexity index is 914. The van der Waals surface area contributed by atoms with Crippen LogP contribution in [0.25, 0.3) is 6.08 Å². The van der Waals surface area contributed by atoms with Gasteiger partial charge in [0.2, 0.25) is 15.9 Å². The number of hydrogen-bond acceptors (Lipinski definition) is 6. The number of hydrogen-bond donors (Lipinski definition) is 0. The zero-order valence-electron chi connectivity index (χ0n) is 14.9. The summed E-state index contributed by atoms with van der Waals surface area (Å²) in [5.41, 5.74) is 0.345. The van der Waals surface area contributed by atoms with Gasteiger partial charge in [-0.05, 0) is 39.0 Å². The summed E-state index contributed by atoms with van der Waals surface area (Å²) >= 11 is 0. The molecule has 0 bridgehead atoms. The van der Waals surface area contributed by atoms with Crippen molar-refractivity contribution in [1.82, 2.24) is 14.4 Å². The normalized spacial score (nSPS) is 16.5. The molecule has 1 saturated heterocycles. The first kappa shape index (κ1) is 18.4. The van der Waals surface area contributed by atoms with Gasteiger partial charge >= 0.3 is 0 Å². The number of piperazine rings is 1. The molecule has 1 fully saturated rings. The van der Waals surface area contributed by atoms with Crippen molar-refractivity contribution in [3.05, 3.63) is 41.2 Å². The lowest BCUT2D eigenvalue weighted by molar-refractivity contribution is -0.127. The fourth-order valence-corrected chi connectivity index (χ4v) is 4.64. The van der Waals surface area contributed by atoms with Crippen LogP contribution >= 0.6 is 0 Å². The van der Waals surface area contributed by atoms with E-state index in [1.54, 1.807) is 30.9 Å². The molecule has 0 saturated carbocycles. The minimum absolute atomic E-state index is 0.116. The molecule has 0 aromatic carbocycles. The summed E-state index contributed by atoms with van der Waals surface area (Å²) in [4.78, 5) is 14.0. The average molecular weight is 379 g/mol. The van der Waals surface area contributed by atoms with Crippen molar-refractivity contribution in [3.8, 4) is 0 Å². The van der Waals surface area contributed by atoms with E-state index in [0.29, 0.717) is 24.5 Å².